The van der Waals surface area contributed by atoms with Gasteiger partial charge in [-0.15, -0.1) is 0 Å². The fourth-order valence-corrected chi connectivity index (χ4v) is 3.87. The van der Waals surface area contributed by atoms with E-state index in [1.54, 1.807) is 11.1 Å². The van der Waals surface area contributed by atoms with Crippen LogP contribution >= 0.6 is 0 Å². The van der Waals surface area contributed by atoms with Gasteiger partial charge in [0.25, 0.3) is 11.8 Å². The van der Waals surface area contributed by atoms with E-state index in [9.17, 15) is 9.59 Å². The van der Waals surface area contributed by atoms with Gasteiger partial charge >= 0.3 is 0 Å². The Morgan fingerprint density at radius 2 is 1.61 bits per heavy atom. The highest BCUT2D eigenvalue weighted by molar-refractivity contribution is 5.95. The molecule has 4 rings (SSSR count). The molecular weight excluding hydrogens is 354 g/mol. The lowest BCUT2D eigenvalue weighted by Gasteiger charge is -2.34. The summed E-state index contributed by atoms with van der Waals surface area (Å²) in [6, 6.07) is 7.95. The molecule has 0 atom stereocenters. The monoisotopic (exact) mass is 379 g/mol. The Balaban J connectivity index is 1.35. The van der Waals surface area contributed by atoms with Gasteiger partial charge in [0.05, 0.1) is 6.20 Å². The van der Waals surface area contributed by atoms with Crippen LogP contribution in [0.15, 0.2) is 42.9 Å². The second-order valence-electron chi connectivity index (χ2n) is 7.36. The predicted molar refractivity (Wildman–Crippen MR) is 105 cm³/mol. The lowest BCUT2D eigenvalue weighted by Crippen LogP contribution is -2.50. The molecule has 7 heteroatoms. The molecule has 2 fully saturated rings. The zero-order valence-corrected chi connectivity index (χ0v) is 16.0. The molecule has 146 valence electrons. The SMILES string of the molecule is O=C(c1cccc(CN2CCCC2)c1)N1CCN(C(=O)c2cnccn2)CC1. The van der Waals surface area contributed by atoms with Crippen LogP contribution in [0.2, 0.25) is 0 Å². The molecule has 0 saturated carbocycles. The van der Waals surface area contributed by atoms with E-state index in [2.05, 4.69) is 20.9 Å². The molecule has 0 N–H and O–H groups in total. The number of carbonyl (C=O) groups is 2. The number of likely N-dealkylation sites (tertiary alicyclic amines) is 1. The van der Waals surface area contributed by atoms with Crippen molar-refractivity contribution in [2.75, 3.05) is 39.3 Å². The van der Waals surface area contributed by atoms with Gasteiger partial charge in [0.15, 0.2) is 0 Å². The largest absolute Gasteiger partial charge is 0.335 e. The highest BCUT2D eigenvalue weighted by Crippen LogP contribution is 2.16. The molecule has 2 aliphatic rings. The van der Waals surface area contributed by atoms with Gasteiger partial charge in [-0.3, -0.25) is 19.5 Å². The van der Waals surface area contributed by atoms with Crippen LogP contribution in [0, 0.1) is 0 Å². The van der Waals surface area contributed by atoms with E-state index in [1.807, 2.05) is 23.1 Å². The van der Waals surface area contributed by atoms with Crippen LogP contribution in [0.25, 0.3) is 0 Å². The summed E-state index contributed by atoms with van der Waals surface area (Å²) in [5.74, 6) is -0.0947. The molecule has 7 nitrogen and oxygen atoms in total. The third kappa shape index (κ3) is 4.20. The number of amides is 2. The van der Waals surface area contributed by atoms with Crippen LogP contribution < -0.4 is 0 Å². The molecule has 0 unspecified atom stereocenters. The van der Waals surface area contributed by atoms with E-state index in [-0.39, 0.29) is 11.8 Å². The van der Waals surface area contributed by atoms with Crippen molar-refractivity contribution in [2.24, 2.45) is 0 Å². The minimum Gasteiger partial charge on any atom is -0.335 e. The molecule has 2 aromatic rings. The Morgan fingerprint density at radius 3 is 2.29 bits per heavy atom. The standard InChI is InChI=1S/C21H25N5O2/c27-20(18-5-3-4-17(14-18)16-24-8-1-2-9-24)25-10-12-26(13-11-25)21(28)19-15-22-6-7-23-19/h3-7,14-15H,1-2,8-13,16H2. The molecule has 1 aromatic carbocycles. The van der Waals surface area contributed by atoms with Gasteiger partial charge in [-0.05, 0) is 43.6 Å². The molecule has 2 amide bonds. The normalized spacial score (nSPS) is 17.7. The number of hydrogen-bond donors (Lipinski definition) is 0. The molecule has 28 heavy (non-hydrogen) atoms. The predicted octanol–water partition coefficient (Wildman–Crippen LogP) is 1.67. The number of hydrogen-bond acceptors (Lipinski definition) is 5. The van der Waals surface area contributed by atoms with Gasteiger partial charge in [-0.1, -0.05) is 12.1 Å². The van der Waals surface area contributed by atoms with E-state index >= 15 is 0 Å². The van der Waals surface area contributed by atoms with Crippen LogP contribution in [0.1, 0.15) is 39.3 Å². The topological polar surface area (TPSA) is 69.6 Å². The van der Waals surface area contributed by atoms with Crippen LogP contribution in [-0.4, -0.2) is 75.8 Å². The van der Waals surface area contributed by atoms with Gasteiger partial charge < -0.3 is 9.80 Å². The molecule has 0 radical (unpaired) electrons. The third-order valence-electron chi connectivity index (χ3n) is 5.42. The van der Waals surface area contributed by atoms with Gasteiger partial charge in [0.2, 0.25) is 0 Å². The van der Waals surface area contributed by atoms with Crippen molar-refractivity contribution in [1.29, 1.82) is 0 Å². The van der Waals surface area contributed by atoms with Crippen molar-refractivity contribution in [1.82, 2.24) is 24.7 Å². The van der Waals surface area contributed by atoms with Crippen molar-refractivity contribution in [3.8, 4) is 0 Å². The first kappa shape index (κ1) is 18.6. The minimum atomic E-state index is -0.132. The van der Waals surface area contributed by atoms with Gasteiger partial charge in [-0.2, -0.15) is 0 Å². The maximum atomic E-state index is 12.9. The fourth-order valence-electron chi connectivity index (χ4n) is 3.87. The summed E-state index contributed by atoms with van der Waals surface area (Å²) < 4.78 is 0. The van der Waals surface area contributed by atoms with Gasteiger partial charge in [0.1, 0.15) is 5.69 Å². The van der Waals surface area contributed by atoms with Gasteiger partial charge in [0, 0.05) is 50.7 Å². The quantitative estimate of drug-likeness (QED) is 0.808. The fraction of sp³-hybridized carbons (Fsp3) is 0.429. The van der Waals surface area contributed by atoms with Crippen molar-refractivity contribution in [3.63, 3.8) is 0 Å². The summed E-state index contributed by atoms with van der Waals surface area (Å²) in [6.07, 6.45) is 7.06. The number of benzene rings is 1. The second-order valence-corrected chi connectivity index (χ2v) is 7.36. The number of aromatic nitrogens is 2. The molecule has 0 bridgehead atoms. The van der Waals surface area contributed by atoms with Gasteiger partial charge in [-0.25, -0.2) is 4.98 Å². The minimum absolute atomic E-state index is 0.0369. The molecule has 2 aliphatic heterocycles. The van der Waals surface area contributed by atoms with Crippen molar-refractivity contribution in [3.05, 3.63) is 59.7 Å². The highest BCUT2D eigenvalue weighted by atomic mass is 16.2. The first-order valence-electron chi connectivity index (χ1n) is 9.86. The average Bonchev–Trinajstić information content (AvgIpc) is 3.27. The zero-order valence-electron chi connectivity index (χ0n) is 16.0. The van der Waals surface area contributed by atoms with E-state index in [4.69, 9.17) is 0 Å². The zero-order chi connectivity index (χ0) is 19.3. The number of nitrogens with zero attached hydrogens (tertiary/aromatic N) is 5. The average molecular weight is 379 g/mol. The van der Waals surface area contributed by atoms with E-state index in [1.165, 1.54) is 30.8 Å². The van der Waals surface area contributed by atoms with E-state index < -0.39 is 0 Å². The molecule has 2 saturated heterocycles. The number of rotatable bonds is 4. The number of piperazine rings is 1. The number of carbonyl (C=O) groups excluding carboxylic acids is 2. The molecule has 3 heterocycles. The van der Waals surface area contributed by atoms with Crippen molar-refractivity contribution in [2.45, 2.75) is 19.4 Å². The summed E-state index contributed by atoms with van der Waals surface area (Å²) in [6.45, 7) is 5.26. The Bertz CT molecular complexity index is 828. The van der Waals surface area contributed by atoms with Crippen LogP contribution in [0.4, 0.5) is 0 Å². The lowest BCUT2D eigenvalue weighted by molar-refractivity contribution is 0.0532. The van der Waals surface area contributed by atoms with Crippen LogP contribution in [0.3, 0.4) is 0 Å². The third-order valence-corrected chi connectivity index (χ3v) is 5.42. The maximum Gasteiger partial charge on any atom is 0.274 e. The maximum absolute atomic E-state index is 12.9. The van der Waals surface area contributed by atoms with E-state index in [0.29, 0.717) is 31.9 Å². The summed E-state index contributed by atoms with van der Waals surface area (Å²) in [5.41, 5.74) is 2.26. The second kappa shape index (κ2) is 8.48. The molecule has 0 aliphatic carbocycles. The Hall–Kier alpha value is -2.80. The molecule has 1 aromatic heterocycles. The summed E-state index contributed by atoms with van der Waals surface area (Å²) >= 11 is 0. The van der Waals surface area contributed by atoms with Crippen LogP contribution in [-0.2, 0) is 6.54 Å². The summed E-state index contributed by atoms with van der Waals surface area (Å²) in [4.78, 5) is 39.4. The molecule has 0 spiro atoms. The smallest absolute Gasteiger partial charge is 0.274 e. The summed E-state index contributed by atoms with van der Waals surface area (Å²) in [7, 11) is 0. The van der Waals surface area contributed by atoms with Crippen molar-refractivity contribution >= 4 is 11.8 Å². The summed E-state index contributed by atoms with van der Waals surface area (Å²) in [5, 5.41) is 0. The Morgan fingerprint density at radius 1 is 0.893 bits per heavy atom. The highest BCUT2D eigenvalue weighted by Gasteiger charge is 2.26. The Labute approximate surface area is 165 Å². The lowest BCUT2D eigenvalue weighted by atomic mass is 10.1. The van der Waals surface area contributed by atoms with Crippen LogP contribution in [0.5, 0.6) is 0 Å². The van der Waals surface area contributed by atoms with E-state index in [0.717, 1.165) is 25.2 Å². The van der Waals surface area contributed by atoms with Crippen molar-refractivity contribution < 1.29 is 9.59 Å². The molecular formula is C21H25N5O2. The first-order valence-corrected chi connectivity index (χ1v) is 9.86. The Kier molecular flexibility index (Phi) is 5.62. The first-order chi connectivity index (χ1) is 13.7.